The normalized spacial score (nSPS) is 19.5. The summed E-state index contributed by atoms with van der Waals surface area (Å²) in [4.78, 5) is 1.64. The standard InChI is InChI=1S/C9H7ClO4Se/c11-10(12,13)14-15-7-3-5-8-4-1-2-6-9(8)15/h1-7H. The number of halogens is 1. The van der Waals surface area contributed by atoms with Gasteiger partial charge in [0.25, 0.3) is 0 Å². The first-order valence-corrected chi connectivity index (χ1v) is 7.79. The van der Waals surface area contributed by atoms with Crippen LogP contribution < -0.4 is 18.4 Å². The third-order valence-corrected chi connectivity index (χ3v) is 6.41. The predicted octanol–water partition coefficient (Wildman–Crippen LogP) is -2.79. The fourth-order valence-electron chi connectivity index (χ4n) is 1.23. The first kappa shape index (κ1) is 11.0. The van der Waals surface area contributed by atoms with Crippen molar-refractivity contribution in [1.29, 1.82) is 0 Å². The Bertz CT molecular complexity index is 436. The van der Waals surface area contributed by atoms with Gasteiger partial charge in [-0.05, 0) is 0 Å². The van der Waals surface area contributed by atoms with Gasteiger partial charge in [-0.25, -0.2) is 0 Å². The summed E-state index contributed by atoms with van der Waals surface area (Å²) in [5, 5.41) is 0. The quantitative estimate of drug-likeness (QED) is 0.552. The van der Waals surface area contributed by atoms with Gasteiger partial charge in [-0.1, -0.05) is 0 Å². The molecule has 0 bridgehead atoms. The Hall–Kier alpha value is -0.521. The first-order chi connectivity index (χ1) is 7.06. The van der Waals surface area contributed by atoms with Crippen molar-refractivity contribution in [3.63, 3.8) is 0 Å². The van der Waals surface area contributed by atoms with Crippen LogP contribution >= 0.6 is 0 Å². The van der Waals surface area contributed by atoms with Crippen molar-refractivity contribution in [1.82, 2.24) is 0 Å². The minimum absolute atomic E-state index is 0.798. The number of allylic oxidation sites excluding steroid dienone is 1. The molecule has 6 heteroatoms. The Kier molecular flexibility index (Phi) is 3.04. The van der Waals surface area contributed by atoms with Crippen molar-refractivity contribution in [2.75, 3.05) is 0 Å². The molecule has 1 aromatic carbocycles. The molecule has 0 N–H and O–H groups in total. The van der Waals surface area contributed by atoms with Crippen LogP contribution in [-0.2, 0) is 3.37 Å². The summed E-state index contributed by atoms with van der Waals surface area (Å²) < 4.78 is 36.8. The molecule has 2 rings (SSSR count). The van der Waals surface area contributed by atoms with E-state index in [4.69, 9.17) is 0 Å². The maximum atomic E-state index is 10.5. The topological polar surface area (TPSA) is 78.4 Å². The van der Waals surface area contributed by atoms with Gasteiger partial charge in [-0.2, -0.15) is 0 Å². The molecule has 15 heavy (non-hydrogen) atoms. The molecule has 1 unspecified atom stereocenters. The van der Waals surface area contributed by atoms with E-state index < -0.39 is 24.0 Å². The van der Waals surface area contributed by atoms with Crippen molar-refractivity contribution in [3.05, 3.63) is 35.9 Å². The van der Waals surface area contributed by atoms with Crippen LogP contribution in [-0.4, -0.2) is 18.7 Å². The summed E-state index contributed by atoms with van der Waals surface area (Å²) >= 11 is -2.13. The van der Waals surface area contributed by atoms with Crippen LogP contribution in [0.1, 0.15) is 5.56 Å². The monoisotopic (exact) mass is 294 g/mol. The second-order valence-corrected chi connectivity index (χ2v) is 7.19. The fraction of sp³-hybridized carbons (Fsp3) is 0. The van der Waals surface area contributed by atoms with E-state index in [0.717, 1.165) is 10.0 Å². The molecule has 1 heterocycles. The van der Waals surface area contributed by atoms with E-state index >= 15 is 0 Å². The first-order valence-electron chi connectivity index (χ1n) is 4.01. The van der Waals surface area contributed by atoms with Crippen LogP contribution in [0.2, 0.25) is 0 Å². The number of hydrogen-bond donors (Lipinski definition) is 0. The minimum atomic E-state index is -4.35. The van der Waals surface area contributed by atoms with Crippen molar-refractivity contribution >= 4 is 29.3 Å². The van der Waals surface area contributed by atoms with Crippen LogP contribution in [0.5, 0.6) is 0 Å². The van der Waals surface area contributed by atoms with E-state index in [9.17, 15) is 14.0 Å². The molecular formula is C9H7ClO4Se. The van der Waals surface area contributed by atoms with Crippen molar-refractivity contribution in [3.8, 4) is 0 Å². The number of benzene rings is 1. The molecular weight excluding hydrogens is 287 g/mol. The second kappa shape index (κ2) is 4.15. The third kappa shape index (κ3) is 2.74. The number of rotatable bonds is 2. The molecule has 0 aliphatic carbocycles. The summed E-state index contributed by atoms with van der Waals surface area (Å²) in [5.41, 5.74) is 0.906. The summed E-state index contributed by atoms with van der Waals surface area (Å²) in [6, 6.07) is 7.27. The van der Waals surface area contributed by atoms with Crippen molar-refractivity contribution in [2.45, 2.75) is 0 Å². The van der Waals surface area contributed by atoms with E-state index in [-0.39, 0.29) is 0 Å². The molecule has 0 fully saturated rings. The molecule has 1 atom stereocenters. The van der Waals surface area contributed by atoms with Crippen molar-refractivity contribution < 1.29 is 27.6 Å². The summed E-state index contributed by atoms with van der Waals surface area (Å²) in [6.07, 6.45) is 3.57. The van der Waals surface area contributed by atoms with Gasteiger partial charge >= 0.3 is 92.7 Å². The Morgan fingerprint density at radius 3 is 2.60 bits per heavy atom. The van der Waals surface area contributed by atoms with Crippen LogP contribution in [0.15, 0.2) is 30.3 Å². The SMILES string of the molecule is [O-][Cl+3]([O-])([O-])O[Se]1=CC=Cc2ccccc21. The Labute approximate surface area is 92.9 Å². The molecule has 0 saturated carbocycles. The van der Waals surface area contributed by atoms with E-state index in [2.05, 4.69) is 3.37 Å². The predicted molar refractivity (Wildman–Crippen MR) is 48.0 cm³/mol. The average Bonchev–Trinajstić information content (AvgIpc) is 2.16. The third-order valence-electron chi connectivity index (χ3n) is 1.76. The van der Waals surface area contributed by atoms with Crippen molar-refractivity contribution in [2.24, 2.45) is 0 Å². The van der Waals surface area contributed by atoms with Gasteiger partial charge in [0.05, 0.1) is 0 Å². The molecule has 1 aliphatic rings. The molecule has 1 aliphatic heterocycles. The Balaban J connectivity index is 2.36. The van der Waals surface area contributed by atoms with Crippen LogP contribution in [0.3, 0.4) is 0 Å². The van der Waals surface area contributed by atoms with Gasteiger partial charge in [-0.15, -0.1) is 0 Å². The molecule has 4 nitrogen and oxygen atoms in total. The zero-order valence-electron chi connectivity index (χ0n) is 7.46. The summed E-state index contributed by atoms with van der Waals surface area (Å²) in [6.45, 7) is 0. The van der Waals surface area contributed by atoms with E-state index in [0.29, 0.717) is 0 Å². The number of hydrogen-bond acceptors (Lipinski definition) is 4. The average molecular weight is 294 g/mol. The fourth-order valence-corrected chi connectivity index (χ4v) is 5.23. The van der Waals surface area contributed by atoms with E-state index in [1.54, 1.807) is 23.1 Å². The molecule has 0 saturated heterocycles. The maximum absolute atomic E-state index is 10.5. The van der Waals surface area contributed by atoms with Crippen LogP contribution in [0.25, 0.3) is 6.08 Å². The second-order valence-electron chi connectivity index (χ2n) is 2.77. The molecule has 0 radical (unpaired) electrons. The van der Waals surface area contributed by atoms with Crippen LogP contribution in [0, 0.1) is 10.2 Å². The van der Waals surface area contributed by atoms with Gasteiger partial charge in [0.1, 0.15) is 0 Å². The summed E-state index contributed by atoms with van der Waals surface area (Å²) in [5.74, 6) is 0. The van der Waals surface area contributed by atoms with Gasteiger partial charge in [-0.3, -0.25) is 0 Å². The van der Waals surface area contributed by atoms with E-state index in [1.807, 2.05) is 18.2 Å². The molecule has 80 valence electrons. The molecule has 0 amide bonds. The Morgan fingerprint density at radius 1 is 1.13 bits per heavy atom. The van der Waals surface area contributed by atoms with Crippen LogP contribution in [0.4, 0.5) is 0 Å². The van der Waals surface area contributed by atoms with Gasteiger partial charge in [0.15, 0.2) is 0 Å². The zero-order valence-corrected chi connectivity index (χ0v) is 9.93. The molecule has 1 aromatic rings. The van der Waals surface area contributed by atoms with Gasteiger partial charge < -0.3 is 0 Å². The molecule has 0 spiro atoms. The Morgan fingerprint density at radius 2 is 1.87 bits per heavy atom. The number of fused-ring (bicyclic) bond motifs is 1. The summed E-state index contributed by atoms with van der Waals surface area (Å²) in [7, 11) is -4.35. The zero-order chi connectivity index (χ0) is 10.9. The van der Waals surface area contributed by atoms with Gasteiger partial charge in [0, 0.05) is 0 Å². The van der Waals surface area contributed by atoms with E-state index in [1.165, 1.54) is 0 Å². The molecule has 0 aromatic heterocycles. The van der Waals surface area contributed by atoms with Gasteiger partial charge in [0.2, 0.25) is 0 Å².